The van der Waals surface area contributed by atoms with Gasteiger partial charge in [0, 0.05) is 24.3 Å². The number of nitrogens with zero attached hydrogens (tertiary/aromatic N) is 4. The van der Waals surface area contributed by atoms with E-state index >= 15 is 0 Å². The van der Waals surface area contributed by atoms with E-state index in [0.717, 1.165) is 25.9 Å². The summed E-state index contributed by atoms with van der Waals surface area (Å²) in [7, 11) is 0. The Labute approximate surface area is 109 Å². The summed E-state index contributed by atoms with van der Waals surface area (Å²) in [6, 6.07) is 0.668. The summed E-state index contributed by atoms with van der Waals surface area (Å²) in [5, 5.41) is 4.39. The normalized spacial score (nSPS) is 21.2. The van der Waals surface area contributed by atoms with E-state index in [-0.39, 0.29) is 6.04 Å². The highest BCUT2D eigenvalue weighted by molar-refractivity contribution is 5.80. The maximum atomic E-state index is 6.00. The number of aliphatic imine (C=N–C) groups is 1. The predicted octanol–water partition coefficient (Wildman–Crippen LogP) is 1.76. The van der Waals surface area contributed by atoms with Crippen LogP contribution in [-0.4, -0.2) is 33.2 Å². The molecule has 18 heavy (non-hydrogen) atoms. The van der Waals surface area contributed by atoms with Crippen LogP contribution in [0, 0.1) is 0 Å². The van der Waals surface area contributed by atoms with E-state index in [1.807, 2.05) is 10.9 Å². The summed E-state index contributed by atoms with van der Waals surface area (Å²) < 4.78 is 2.00. The molecule has 2 atom stereocenters. The summed E-state index contributed by atoms with van der Waals surface area (Å²) >= 11 is 0. The van der Waals surface area contributed by atoms with Crippen molar-refractivity contribution in [2.45, 2.75) is 52.2 Å². The van der Waals surface area contributed by atoms with E-state index in [1.165, 1.54) is 5.56 Å². The van der Waals surface area contributed by atoms with Gasteiger partial charge in [0.25, 0.3) is 0 Å². The molecule has 1 aliphatic rings. The third kappa shape index (κ3) is 2.35. The van der Waals surface area contributed by atoms with Crippen LogP contribution in [0.25, 0.3) is 0 Å². The molecule has 0 spiro atoms. The standard InChI is InChI=1S/C13H23N5/c1-4-6-17-9-11(7-16-17)12-8-15-13(14)18(12)10(3)5-2/h7,9-10,12H,4-6,8H2,1-3H3,(H2,14,15). The Balaban J connectivity index is 2.16. The fourth-order valence-corrected chi connectivity index (χ4v) is 2.41. The Kier molecular flexibility index (Phi) is 3.89. The molecule has 1 aliphatic heterocycles. The fraction of sp³-hybridized carbons (Fsp3) is 0.692. The van der Waals surface area contributed by atoms with E-state index in [9.17, 15) is 0 Å². The van der Waals surface area contributed by atoms with E-state index in [0.29, 0.717) is 12.0 Å². The lowest BCUT2D eigenvalue weighted by Gasteiger charge is -2.31. The van der Waals surface area contributed by atoms with Crippen LogP contribution in [0.5, 0.6) is 0 Å². The van der Waals surface area contributed by atoms with Gasteiger partial charge in [0.05, 0.1) is 18.8 Å². The molecule has 1 aromatic rings. The first-order valence-electron chi connectivity index (χ1n) is 6.78. The predicted molar refractivity (Wildman–Crippen MR) is 73.3 cm³/mol. The number of aromatic nitrogens is 2. The number of hydrogen-bond donors (Lipinski definition) is 1. The Hall–Kier alpha value is -1.52. The van der Waals surface area contributed by atoms with Gasteiger partial charge < -0.3 is 10.6 Å². The van der Waals surface area contributed by atoms with Gasteiger partial charge in [-0.1, -0.05) is 13.8 Å². The Morgan fingerprint density at radius 1 is 1.50 bits per heavy atom. The van der Waals surface area contributed by atoms with Gasteiger partial charge in [0.15, 0.2) is 5.96 Å². The summed E-state index contributed by atoms with van der Waals surface area (Å²) in [5.41, 5.74) is 7.21. The van der Waals surface area contributed by atoms with Crippen LogP contribution in [0.3, 0.4) is 0 Å². The van der Waals surface area contributed by atoms with Crippen molar-refractivity contribution in [3.8, 4) is 0 Å². The first-order chi connectivity index (χ1) is 8.67. The first-order valence-corrected chi connectivity index (χ1v) is 6.78. The minimum absolute atomic E-state index is 0.255. The van der Waals surface area contributed by atoms with Gasteiger partial charge in [0.1, 0.15) is 0 Å². The molecule has 0 saturated heterocycles. The topological polar surface area (TPSA) is 59.4 Å². The summed E-state index contributed by atoms with van der Waals surface area (Å²) in [4.78, 5) is 6.60. The molecule has 0 saturated carbocycles. The van der Waals surface area contributed by atoms with Gasteiger partial charge in [-0.3, -0.25) is 9.67 Å². The number of nitrogens with two attached hydrogens (primary N) is 1. The zero-order valence-corrected chi connectivity index (χ0v) is 11.5. The van der Waals surface area contributed by atoms with Crippen molar-refractivity contribution in [2.24, 2.45) is 10.7 Å². The highest BCUT2D eigenvalue weighted by Gasteiger charge is 2.31. The van der Waals surface area contributed by atoms with Crippen LogP contribution in [-0.2, 0) is 6.54 Å². The quantitative estimate of drug-likeness (QED) is 0.865. The van der Waals surface area contributed by atoms with Crippen LogP contribution < -0.4 is 5.73 Å². The van der Waals surface area contributed by atoms with Crippen molar-refractivity contribution in [3.63, 3.8) is 0 Å². The van der Waals surface area contributed by atoms with Crippen molar-refractivity contribution in [3.05, 3.63) is 18.0 Å². The molecule has 0 fully saturated rings. The number of guanidine groups is 1. The van der Waals surface area contributed by atoms with Gasteiger partial charge in [-0.15, -0.1) is 0 Å². The first kappa shape index (κ1) is 12.9. The molecular formula is C13H23N5. The molecule has 5 nitrogen and oxygen atoms in total. The largest absolute Gasteiger partial charge is 0.370 e. The van der Waals surface area contributed by atoms with Gasteiger partial charge >= 0.3 is 0 Å². The molecule has 0 aliphatic carbocycles. The lowest BCUT2D eigenvalue weighted by molar-refractivity contribution is 0.268. The summed E-state index contributed by atoms with van der Waals surface area (Å²) in [5.74, 6) is 0.664. The van der Waals surface area contributed by atoms with Gasteiger partial charge in [-0.05, 0) is 19.8 Å². The molecule has 0 amide bonds. The summed E-state index contributed by atoms with van der Waals surface area (Å²) in [6.45, 7) is 8.23. The molecule has 1 aromatic heterocycles. The van der Waals surface area contributed by atoms with E-state index in [1.54, 1.807) is 0 Å². The third-order valence-electron chi connectivity index (χ3n) is 3.58. The highest BCUT2D eigenvalue weighted by atomic mass is 15.3. The SMILES string of the molecule is CCCn1cc(C2CN=C(N)N2C(C)CC)cn1. The monoisotopic (exact) mass is 249 g/mol. The molecule has 2 heterocycles. The van der Waals surface area contributed by atoms with Gasteiger partial charge in [-0.2, -0.15) is 5.10 Å². The zero-order chi connectivity index (χ0) is 13.1. The van der Waals surface area contributed by atoms with Crippen molar-refractivity contribution in [1.82, 2.24) is 14.7 Å². The second-order valence-corrected chi connectivity index (χ2v) is 4.92. The average molecular weight is 249 g/mol. The lowest BCUT2D eigenvalue weighted by Crippen LogP contribution is -2.42. The third-order valence-corrected chi connectivity index (χ3v) is 3.58. The molecular weight excluding hydrogens is 226 g/mol. The molecule has 2 rings (SSSR count). The lowest BCUT2D eigenvalue weighted by atomic mass is 10.1. The second kappa shape index (κ2) is 5.42. The van der Waals surface area contributed by atoms with Crippen LogP contribution in [0.2, 0.25) is 0 Å². The van der Waals surface area contributed by atoms with E-state index in [2.05, 4.69) is 42.0 Å². The Bertz CT molecular complexity index is 423. The second-order valence-electron chi connectivity index (χ2n) is 4.92. The molecule has 0 aromatic carbocycles. The maximum Gasteiger partial charge on any atom is 0.192 e. The van der Waals surface area contributed by atoms with Crippen molar-refractivity contribution >= 4 is 5.96 Å². The van der Waals surface area contributed by atoms with Crippen LogP contribution in [0.4, 0.5) is 0 Å². The number of hydrogen-bond acceptors (Lipinski definition) is 4. The van der Waals surface area contributed by atoms with Crippen molar-refractivity contribution in [2.75, 3.05) is 6.54 Å². The fourth-order valence-electron chi connectivity index (χ4n) is 2.41. The molecule has 0 radical (unpaired) electrons. The minimum atomic E-state index is 0.255. The average Bonchev–Trinajstić information content (AvgIpc) is 2.95. The Morgan fingerprint density at radius 3 is 2.94 bits per heavy atom. The summed E-state index contributed by atoms with van der Waals surface area (Å²) in [6.07, 6.45) is 6.23. The molecule has 0 bridgehead atoms. The van der Waals surface area contributed by atoms with Gasteiger partial charge in [-0.25, -0.2) is 0 Å². The Morgan fingerprint density at radius 2 is 2.28 bits per heavy atom. The smallest absolute Gasteiger partial charge is 0.192 e. The highest BCUT2D eigenvalue weighted by Crippen LogP contribution is 2.28. The van der Waals surface area contributed by atoms with Crippen LogP contribution in [0.1, 0.15) is 45.2 Å². The van der Waals surface area contributed by atoms with E-state index < -0.39 is 0 Å². The number of rotatable bonds is 5. The minimum Gasteiger partial charge on any atom is -0.370 e. The van der Waals surface area contributed by atoms with Gasteiger partial charge in [0.2, 0.25) is 0 Å². The van der Waals surface area contributed by atoms with Crippen molar-refractivity contribution in [1.29, 1.82) is 0 Å². The molecule has 2 unspecified atom stereocenters. The molecule has 100 valence electrons. The van der Waals surface area contributed by atoms with E-state index in [4.69, 9.17) is 5.73 Å². The van der Waals surface area contributed by atoms with Crippen molar-refractivity contribution < 1.29 is 0 Å². The molecule has 2 N–H and O–H groups in total. The number of aryl methyl sites for hydroxylation is 1. The van der Waals surface area contributed by atoms with Crippen LogP contribution >= 0.6 is 0 Å². The maximum absolute atomic E-state index is 6.00. The van der Waals surface area contributed by atoms with Crippen LogP contribution in [0.15, 0.2) is 17.4 Å². The zero-order valence-electron chi connectivity index (χ0n) is 11.5. The molecule has 5 heteroatoms.